The van der Waals surface area contributed by atoms with Crippen LogP contribution in [-0.4, -0.2) is 46.7 Å². The number of benzene rings is 2. The van der Waals surface area contributed by atoms with Gasteiger partial charge in [-0.1, -0.05) is 18.2 Å². The Morgan fingerprint density at radius 3 is 2.58 bits per heavy atom. The molecule has 0 bridgehead atoms. The molecule has 0 spiro atoms. The predicted octanol–water partition coefficient (Wildman–Crippen LogP) is 4.00. The Balaban J connectivity index is 1.68. The van der Waals surface area contributed by atoms with Crippen molar-refractivity contribution < 1.29 is 9.53 Å². The summed E-state index contributed by atoms with van der Waals surface area (Å²) in [6, 6.07) is 12.3. The summed E-state index contributed by atoms with van der Waals surface area (Å²) < 4.78 is 7.72. The first-order chi connectivity index (χ1) is 16.0. The molecule has 7 nitrogen and oxygen atoms in total. The summed E-state index contributed by atoms with van der Waals surface area (Å²) >= 11 is 0. The van der Waals surface area contributed by atoms with Gasteiger partial charge in [-0.2, -0.15) is 0 Å². The molecular weight excluding hydrogens is 414 g/mol. The monoisotopic (exact) mass is 441 g/mol. The van der Waals surface area contributed by atoms with Crippen LogP contribution in [0.15, 0.2) is 36.4 Å². The first kappa shape index (κ1) is 20.2. The van der Waals surface area contributed by atoms with E-state index in [0.717, 1.165) is 46.7 Å². The van der Waals surface area contributed by atoms with Crippen LogP contribution in [0.4, 0.5) is 5.69 Å². The third kappa shape index (κ3) is 3.26. The van der Waals surface area contributed by atoms with Crippen molar-refractivity contribution in [2.24, 2.45) is 5.73 Å². The largest absolute Gasteiger partial charge is 0.378 e. The van der Waals surface area contributed by atoms with E-state index in [1.807, 2.05) is 25.1 Å². The maximum Gasteiger partial charge on any atom is 0.251 e. The lowest BCUT2D eigenvalue weighted by atomic mass is 10.0. The van der Waals surface area contributed by atoms with Crippen LogP contribution in [0, 0.1) is 13.8 Å². The number of nitrogens with two attached hydrogens (primary N) is 1. The van der Waals surface area contributed by atoms with E-state index in [2.05, 4.69) is 34.6 Å². The molecule has 7 heteroatoms. The van der Waals surface area contributed by atoms with E-state index in [1.54, 1.807) is 0 Å². The van der Waals surface area contributed by atoms with Gasteiger partial charge < -0.3 is 15.4 Å². The van der Waals surface area contributed by atoms with Crippen LogP contribution >= 0.6 is 0 Å². The lowest BCUT2D eigenvalue weighted by molar-refractivity contribution is 0.100. The Morgan fingerprint density at radius 2 is 1.85 bits per heavy atom. The summed E-state index contributed by atoms with van der Waals surface area (Å²) in [4.78, 5) is 24.6. The maximum atomic E-state index is 12.5. The number of aryl methyl sites for hydroxylation is 1. The van der Waals surface area contributed by atoms with Gasteiger partial charge in [-0.05, 0) is 50.5 Å². The molecule has 1 saturated heterocycles. The van der Waals surface area contributed by atoms with Crippen molar-refractivity contribution >= 4 is 33.5 Å². The van der Waals surface area contributed by atoms with E-state index in [1.165, 1.54) is 24.1 Å². The minimum Gasteiger partial charge on any atom is -0.378 e. The van der Waals surface area contributed by atoms with Gasteiger partial charge in [0, 0.05) is 35.8 Å². The van der Waals surface area contributed by atoms with Crippen LogP contribution in [0.1, 0.15) is 46.2 Å². The summed E-state index contributed by atoms with van der Waals surface area (Å²) in [7, 11) is 0. The fourth-order valence-electron chi connectivity index (χ4n) is 5.10. The fraction of sp³-hybridized carbons (Fsp3) is 0.346. The number of imidazole rings is 1. The second kappa shape index (κ2) is 7.56. The number of hydrogen-bond acceptors (Lipinski definition) is 5. The van der Waals surface area contributed by atoms with Gasteiger partial charge >= 0.3 is 0 Å². The number of para-hydroxylation sites is 1. The number of carbonyl (C=O) groups excluding carboxylic acids is 1. The highest BCUT2D eigenvalue weighted by Gasteiger charge is 2.30. The highest BCUT2D eigenvalue weighted by atomic mass is 16.5. The second-order valence-corrected chi connectivity index (χ2v) is 9.08. The average molecular weight is 442 g/mol. The van der Waals surface area contributed by atoms with E-state index in [-0.39, 0.29) is 0 Å². The summed E-state index contributed by atoms with van der Waals surface area (Å²) in [6.07, 6.45) is 2.37. The van der Waals surface area contributed by atoms with Crippen LogP contribution in [0.3, 0.4) is 0 Å². The number of pyridine rings is 1. The van der Waals surface area contributed by atoms with Crippen LogP contribution in [0.2, 0.25) is 0 Å². The van der Waals surface area contributed by atoms with Crippen molar-refractivity contribution in [3.8, 4) is 5.69 Å². The highest BCUT2D eigenvalue weighted by molar-refractivity contribution is 6.06. The van der Waals surface area contributed by atoms with Crippen molar-refractivity contribution in [1.82, 2.24) is 14.5 Å². The molecule has 2 aromatic carbocycles. The standard InChI is InChI=1S/C26H27N5O2/c1-15-23(17-7-8-17)29-21-6-4-3-5-19(21)25(15)31-16(2)28-24-20(26(27)32)13-18(14-22(24)31)30-9-11-33-12-10-30/h3-6,13-14,17H,7-12H2,1-2H3,(H2,27,32). The number of hydrogen-bond donors (Lipinski definition) is 1. The smallest absolute Gasteiger partial charge is 0.251 e. The number of aromatic nitrogens is 3. The third-order valence-electron chi connectivity index (χ3n) is 6.88. The zero-order valence-corrected chi connectivity index (χ0v) is 19.0. The van der Waals surface area contributed by atoms with Gasteiger partial charge in [0.25, 0.3) is 5.91 Å². The zero-order valence-electron chi connectivity index (χ0n) is 19.0. The van der Waals surface area contributed by atoms with Gasteiger partial charge in [-0.3, -0.25) is 14.3 Å². The first-order valence-corrected chi connectivity index (χ1v) is 11.6. The van der Waals surface area contributed by atoms with Crippen molar-refractivity contribution in [2.45, 2.75) is 32.6 Å². The van der Waals surface area contributed by atoms with E-state index < -0.39 is 5.91 Å². The summed E-state index contributed by atoms with van der Waals surface area (Å²) in [5.41, 5.74) is 13.2. The Morgan fingerprint density at radius 1 is 1.09 bits per heavy atom. The number of rotatable bonds is 4. The van der Waals surface area contributed by atoms with Crippen LogP contribution in [0.5, 0.6) is 0 Å². The van der Waals surface area contributed by atoms with Crippen molar-refractivity contribution in [2.75, 3.05) is 31.2 Å². The molecule has 168 valence electrons. The maximum absolute atomic E-state index is 12.5. The van der Waals surface area contributed by atoms with E-state index >= 15 is 0 Å². The molecule has 0 unspecified atom stereocenters. The van der Waals surface area contributed by atoms with Crippen LogP contribution in [-0.2, 0) is 4.74 Å². The molecule has 1 aliphatic heterocycles. The fourth-order valence-corrected chi connectivity index (χ4v) is 5.10. The molecule has 1 amide bonds. The number of primary amides is 1. The third-order valence-corrected chi connectivity index (χ3v) is 6.88. The molecule has 6 rings (SSSR count). The minimum atomic E-state index is -0.463. The summed E-state index contributed by atoms with van der Waals surface area (Å²) in [5, 5.41) is 1.08. The summed E-state index contributed by atoms with van der Waals surface area (Å²) in [5.74, 6) is 0.885. The molecule has 33 heavy (non-hydrogen) atoms. The number of fused-ring (bicyclic) bond motifs is 2. The average Bonchev–Trinajstić information content (AvgIpc) is 3.61. The second-order valence-electron chi connectivity index (χ2n) is 9.08. The molecule has 0 radical (unpaired) electrons. The number of nitrogens with zero attached hydrogens (tertiary/aromatic N) is 4. The number of ether oxygens (including phenoxy) is 1. The lowest BCUT2D eigenvalue weighted by Gasteiger charge is -2.29. The van der Waals surface area contributed by atoms with Crippen molar-refractivity contribution in [3.63, 3.8) is 0 Å². The molecule has 1 saturated carbocycles. The molecule has 2 aliphatic rings. The Labute approximate surface area is 192 Å². The molecular formula is C26H27N5O2. The first-order valence-electron chi connectivity index (χ1n) is 11.6. The van der Waals surface area contributed by atoms with Gasteiger partial charge in [0.1, 0.15) is 11.3 Å². The zero-order chi connectivity index (χ0) is 22.7. The van der Waals surface area contributed by atoms with Gasteiger partial charge in [0.05, 0.1) is 35.5 Å². The topological polar surface area (TPSA) is 86.3 Å². The van der Waals surface area contributed by atoms with E-state index in [9.17, 15) is 4.79 Å². The molecule has 2 aromatic heterocycles. The Bertz CT molecular complexity index is 1410. The number of morpholine rings is 1. The Hall–Kier alpha value is -3.45. The summed E-state index contributed by atoms with van der Waals surface area (Å²) in [6.45, 7) is 7.04. The number of amides is 1. The van der Waals surface area contributed by atoms with Crippen molar-refractivity contribution in [3.05, 3.63) is 59.0 Å². The van der Waals surface area contributed by atoms with Crippen LogP contribution < -0.4 is 10.6 Å². The van der Waals surface area contributed by atoms with Gasteiger partial charge in [-0.25, -0.2) is 4.98 Å². The lowest BCUT2D eigenvalue weighted by Crippen LogP contribution is -2.36. The molecule has 3 heterocycles. The number of anilines is 1. The van der Waals surface area contributed by atoms with Gasteiger partial charge in [0.2, 0.25) is 0 Å². The predicted molar refractivity (Wildman–Crippen MR) is 129 cm³/mol. The minimum absolute atomic E-state index is 0.453. The highest BCUT2D eigenvalue weighted by Crippen LogP contribution is 2.44. The molecule has 1 aliphatic carbocycles. The Kier molecular flexibility index (Phi) is 4.62. The van der Waals surface area contributed by atoms with E-state index in [4.69, 9.17) is 20.4 Å². The van der Waals surface area contributed by atoms with E-state index in [0.29, 0.717) is 30.2 Å². The molecule has 0 atom stereocenters. The van der Waals surface area contributed by atoms with Gasteiger partial charge in [0.15, 0.2) is 0 Å². The normalized spacial score (nSPS) is 16.6. The molecule has 2 fully saturated rings. The van der Waals surface area contributed by atoms with Gasteiger partial charge in [-0.15, -0.1) is 0 Å². The van der Waals surface area contributed by atoms with Crippen LogP contribution in [0.25, 0.3) is 27.6 Å². The molecule has 2 N–H and O–H groups in total. The van der Waals surface area contributed by atoms with Crippen molar-refractivity contribution in [1.29, 1.82) is 0 Å². The number of carbonyl (C=O) groups is 1. The quantitative estimate of drug-likeness (QED) is 0.517. The molecule has 4 aromatic rings. The SMILES string of the molecule is Cc1c(C2CC2)nc2ccccc2c1-n1c(C)nc2c(C(N)=O)cc(N3CCOCC3)cc21.